The van der Waals surface area contributed by atoms with Crippen LogP contribution in [0.15, 0.2) is 48.1 Å². The fourth-order valence-corrected chi connectivity index (χ4v) is 8.15. The second kappa shape index (κ2) is 23.5. The molecule has 5 amide bonds. The van der Waals surface area contributed by atoms with Crippen molar-refractivity contribution in [3.63, 3.8) is 0 Å². The molecule has 11 N–H and O–H groups in total. The minimum atomic E-state index is -0.504. The van der Waals surface area contributed by atoms with E-state index in [-0.39, 0.29) is 44.0 Å². The molecule has 2 aliphatic carbocycles. The van der Waals surface area contributed by atoms with Crippen LogP contribution in [0.2, 0.25) is 0 Å². The van der Waals surface area contributed by atoms with Gasteiger partial charge in [0.05, 0.1) is 26.2 Å². The third-order valence-corrected chi connectivity index (χ3v) is 11.6. The Kier molecular flexibility index (Phi) is 18.8. The molecule has 314 valence electrons. The predicted molar refractivity (Wildman–Crippen MR) is 229 cm³/mol. The zero-order valence-electron chi connectivity index (χ0n) is 32.7. The zero-order valence-corrected chi connectivity index (χ0v) is 35.1. The maximum Gasteiger partial charge on any atom is 0.231 e. The molecule has 1 saturated carbocycles. The van der Waals surface area contributed by atoms with Crippen LogP contribution < -0.4 is 38.9 Å². The molecule has 1 heterocycles. The molecule has 57 heavy (non-hydrogen) atoms. The number of nitrogens with zero attached hydrogens (tertiary/aromatic N) is 4. The number of hydrogen-bond donors (Lipinski definition) is 7. The smallest absolute Gasteiger partial charge is 0.231 e. The van der Waals surface area contributed by atoms with Gasteiger partial charge in [-0.3, -0.25) is 43.6 Å². The maximum atomic E-state index is 12.8. The third kappa shape index (κ3) is 17.2. The van der Waals surface area contributed by atoms with Gasteiger partial charge in [-0.15, -0.1) is 0 Å². The normalized spacial score (nSPS) is 23.3. The summed E-state index contributed by atoms with van der Waals surface area (Å²) in [5.74, 6) is -1.38. The summed E-state index contributed by atoms with van der Waals surface area (Å²) in [7, 11) is 0. The molecule has 0 aromatic heterocycles. The second-order valence-electron chi connectivity index (χ2n) is 15.3. The third-order valence-electron chi connectivity index (χ3n) is 10.7. The number of primary amides is 4. The SMILES string of the molecule is NC(=O)CN1CCN(CC(N)=O)CCN(CC(N)=O)C(Cc2ccc(NC(=S)NCC3CCC(C(=O)NCC4=CCC(Br)C=C4)CC3)cc2)CN(CC(N)=O)CC1. The number of anilines is 1. The summed E-state index contributed by atoms with van der Waals surface area (Å²) in [5, 5.41) is 10.2. The van der Waals surface area contributed by atoms with Crippen molar-refractivity contribution in [2.24, 2.45) is 34.8 Å². The van der Waals surface area contributed by atoms with E-state index in [0.717, 1.165) is 55.5 Å². The Morgan fingerprint density at radius 2 is 1.30 bits per heavy atom. The van der Waals surface area contributed by atoms with Crippen LogP contribution in [0.5, 0.6) is 0 Å². The van der Waals surface area contributed by atoms with Crippen LogP contribution in [-0.2, 0) is 30.4 Å². The molecule has 1 aromatic carbocycles. The largest absolute Gasteiger partial charge is 0.369 e. The van der Waals surface area contributed by atoms with E-state index in [1.165, 1.54) is 0 Å². The van der Waals surface area contributed by atoms with E-state index < -0.39 is 23.6 Å². The van der Waals surface area contributed by atoms with E-state index in [0.29, 0.717) is 74.6 Å². The number of carbonyl (C=O) groups excluding carboxylic acids is 5. The van der Waals surface area contributed by atoms with Crippen LogP contribution >= 0.6 is 28.1 Å². The molecule has 2 atom stereocenters. The minimum Gasteiger partial charge on any atom is -0.369 e. The highest BCUT2D eigenvalue weighted by atomic mass is 79.9. The molecular formula is C39H60BrN11O5S. The Balaban J connectivity index is 1.33. The summed E-state index contributed by atoms with van der Waals surface area (Å²) >= 11 is 9.20. The molecule has 3 aliphatic rings. The molecule has 2 fully saturated rings. The van der Waals surface area contributed by atoms with Crippen molar-refractivity contribution in [2.75, 3.05) is 90.4 Å². The fourth-order valence-electron chi connectivity index (χ4n) is 7.61. The lowest BCUT2D eigenvalue weighted by Crippen LogP contribution is -2.54. The molecule has 1 aliphatic heterocycles. The Bertz CT molecular complexity index is 1600. The van der Waals surface area contributed by atoms with Gasteiger partial charge in [-0.1, -0.05) is 46.3 Å². The number of alkyl halides is 1. The second-order valence-corrected chi connectivity index (χ2v) is 16.9. The minimum absolute atomic E-state index is 0.00790. The van der Waals surface area contributed by atoms with Gasteiger partial charge < -0.3 is 38.9 Å². The van der Waals surface area contributed by atoms with Crippen molar-refractivity contribution < 1.29 is 24.0 Å². The van der Waals surface area contributed by atoms with Gasteiger partial charge in [0.1, 0.15) is 0 Å². The van der Waals surface area contributed by atoms with E-state index >= 15 is 0 Å². The number of nitrogens with one attached hydrogen (secondary N) is 3. The average Bonchev–Trinajstić information content (AvgIpc) is 3.15. The molecular weight excluding hydrogens is 814 g/mol. The fraction of sp³-hybridized carbons (Fsp3) is 0.590. The van der Waals surface area contributed by atoms with Crippen LogP contribution in [0.25, 0.3) is 0 Å². The zero-order chi connectivity index (χ0) is 41.3. The number of nitrogens with two attached hydrogens (primary N) is 4. The molecule has 0 bridgehead atoms. The molecule has 2 unspecified atom stereocenters. The van der Waals surface area contributed by atoms with Crippen molar-refractivity contribution in [3.05, 3.63) is 53.6 Å². The van der Waals surface area contributed by atoms with Gasteiger partial charge in [0.2, 0.25) is 29.5 Å². The van der Waals surface area contributed by atoms with Crippen LogP contribution in [0, 0.1) is 11.8 Å². The Labute approximate surface area is 349 Å². The molecule has 16 nitrogen and oxygen atoms in total. The van der Waals surface area contributed by atoms with Gasteiger partial charge in [0, 0.05) is 81.4 Å². The monoisotopic (exact) mass is 873 g/mol. The van der Waals surface area contributed by atoms with Gasteiger partial charge in [0.15, 0.2) is 5.11 Å². The highest BCUT2D eigenvalue weighted by molar-refractivity contribution is 9.09. The number of halogens is 1. The quantitative estimate of drug-likeness (QED) is 0.0832. The molecule has 18 heteroatoms. The summed E-state index contributed by atoms with van der Waals surface area (Å²) in [6.45, 7) is 4.15. The Hall–Kier alpha value is -3.94. The van der Waals surface area contributed by atoms with Crippen LogP contribution in [0.3, 0.4) is 0 Å². The summed E-state index contributed by atoms with van der Waals surface area (Å²) in [6, 6.07) is 7.59. The first-order valence-electron chi connectivity index (χ1n) is 19.7. The first-order chi connectivity index (χ1) is 27.2. The number of carbonyl (C=O) groups is 5. The van der Waals surface area contributed by atoms with E-state index in [2.05, 4.69) is 50.1 Å². The average molecular weight is 875 g/mol. The highest BCUT2D eigenvalue weighted by Gasteiger charge is 2.28. The lowest BCUT2D eigenvalue weighted by atomic mass is 9.81. The summed E-state index contributed by atoms with van der Waals surface area (Å²) < 4.78 is 0. The number of rotatable bonds is 16. The van der Waals surface area contributed by atoms with Crippen LogP contribution in [0.1, 0.15) is 37.7 Å². The van der Waals surface area contributed by atoms with Gasteiger partial charge >= 0.3 is 0 Å². The summed E-state index contributed by atoms with van der Waals surface area (Å²) in [5.41, 5.74) is 25.4. The summed E-state index contributed by atoms with van der Waals surface area (Å²) in [4.78, 5) is 69.1. The van der Waals surface area contributed by atoms with Gasteiger partial charge in [-0.25, -0.2) is 0 Å². The van der Waals surface area contributed by atoms with Crippen molar-refractivity contribution in [2.45, 2.75) is 49.4 Å². The molecule has 0 radical (unpaired) electrons. The number of hydrogen-bond acceptors (Lipinski definition) is 10. The van der Waals surface area contributed by atoms with E-state index in [1.807, 2.05) is 43.9 Å². The van der Waals surface area contributed by atoms with Gasteiger partial charge in [-0.2, -0.15) is 0 Å². The molecule has 1 saturated heterocycles. The Morgan fingerprint density at radius 3 is 1.86 bits per heavy atom. The number of thiocarbonyl (C=S) groups is 1. The van der Waals surface area contributed by atoms with Gasteiger partial charge in [-0.05, 0) is 79.9 Å². The van der Waals surface area contributed by atoms with Crippen molar-refractivity contribution in [1.82, 2.24) is 30.2 Å². The van der Waals surface area contributed by atoms with Crippen LogP contribution in [0.4, 0.5) is 5.69 Å². The topological polar surface area (TPSA) is 238 Å². The maximum absolute atomic E-state index is 12.8. The van der Waals surface area contributed by atoms with E-state index in [9.17, 15) is 24.0 Å². The number of benzene rings is 1. The lowest BCUT2D eigenvalue weighted by Gasteiger charge is -2.38. The first-order valence-corrected chi connectivity index (χ1v) is 21.0. The predicted octanol–water partition coefficient (Wildman–Crippen LogP) is -0.381. The van der Waals surface area contributed by atoms with E-state index in [4.69, 9.17) is 35.2 Å². The van der Waals surface area contributed by atoms with Crippen molar-refractivity contribution in [1.29, 1.82) is 0 Å². The number of amides is 5. The van der Waals surface area contributed by atoms with Gasteiger partial charge in [0.25, 0.3) is 0 Å². The standard InChI is InChI=1S/C39H60BrN11O5S/c40-31-9-3-29(4-10-31)20-45-38(56)30-7-1-28(2-8-30)21-46-39(57)47-32-11-5-27(6-12-32)19-33-22-50(25-36(43)54)16-15-48(23-34(41)52)13-14-49(24-35(42)53)17-18-51(33)26-37(44)55/h3-6,9,11-12,28,30-31,33H,1-2,7-8,10,13-26H2,(H2,41,52)(H2,42,53)(H2,43,54)(H2,44,55)(H,45,56)(H2,46,47,57). The lowest BCUT2D eigenvalue weighted by molar-refractivity contribution is -0.126. The van der Waals surface area contributed by atoms with Crippen molar-refractivity contribution >= 4 is 68.5 Å². The first kappa shape index (κ1) is 45.8. The van der Waals surface area contributed by atoms with E-state index in [1.54, 1.807) is 0 Å². The highest BCUT2D eigenvalue weighted by Crippen LogP contribution is 2.29. The van der Waals surface area contributed by atoms with Crippen molar-refractivity contribution in [3.8, 4) is 0 Å². The summed E-state index contributed by atoms with van der Waals surface area (Å²) in [6.07, 6.45) is 11.4. The molecule has 4 rings (SSSR count). The number of allylic oxidation sites excluding steroid dienone is 2. The van der Waals surface area contributed by atoms with Crippen LogP contribution in [-0.4, -0.2) is 150 Å². The molecule has 0 spiro atoms. The molecule has 1 aromatic rings. The Morgan fingerprint density at radius 1 is 0.737 bits per heavy atom.